The average molecular weight is 510 g/mol. The molecule has 2 N–H and O–H groups in total. The predicted octanol–water partition coefficient (Wildman–Crippen LogP) is 4.51. The molecule has 2 aromatic rings. The first-order chi connectivity index (χ1) is 15.9. The smallest absolute Gasteiger partial charge is 0.229 e. The van der Waals surface area contributed by atoms with Crippen LogP contribution in [0.1, 0.15) is 59.3 Å². The molecule has 11 heteroatoms. The van der Waals surface area contributed by atoms with Crippen LogP contribution in [0.4, 0.5) is 17.5 Å². The number of anilines is 3. The zero-order chi connectivity index (χ0) is 24.6. The Morgan fingerprint density at radius 3 is 2.44 bits per heavy atom. The number of aromatic nitrogens is 4. The molecule has 1 saturated carbocycles. The lowest BCUT2D eigenvalue weighted by atomic mass is 9.67. The van der Waals surface area contributed by atoms with Gasteiger partial charge in [-0.2, -0.15) is 10.1 Å². The highest BCUT2D eigenvalue weighted by atomic mass is 35.5. The van der Waals surface area contributed by atoms with Gasteiger partial charge in [0.2, 0.25) is 16.0 Å². The van der Waals surface area contributed by atoms with Crippen LogP contribution >= 0.6 is 11.6 Å². The second kappa shape index (κ2) is 9.62. The van der Waals surface area contributed by atoms with Gasteiger partial charge in [-0.25, -0.2) is 17.7 Å². The summed E-state index contributed by atoms with van der Waals surface area (Å²) >= 11 is 6.40. The van der Waals surface area contributed by atoms with E-state index in [4.69, 9.17) is 11.6 Å². The number of sulfonamides is 1. The maximum Gasteiger partial charge on any atom is 0.229 e. The van der Waals surface area contributed by atoms with Crippen molar-refractivity contribution in [1.29, 1.82) is 0 Å². The molecule has 1 spiro atoms. The van der Waals surface area contributed by atoms with Crippen LogP contribution in [0.3, 0.4) is 0 Å². The monoisotopic (exact) mass is 509 g/mol. The zero-order valence-electron chi connectivity index (χ0n) is 20.5. The topological polar surface area (TPSA) is 105 Å². The Morgan fingerprint density at radius 2 is 1.82 bits per heavy atom. The third kappa shape index (κ3) is 6.40. The standard InChI is InChI=1S/C23H36ClN7O2S/c1-22(2,3)16-30-15-18(13-26-30)28-21-25-14-19(24)20(29-21)27-17-5-7-23(8-6-17)9-11-31(12-10-23)34(4,32)33/h13-15,17H,5-12,16H2,1-4H3,(H2,25,27,28,29). The van der Waals surface area contributed by atoms with Gasteiger partial charge in [0.05, 0.1) is 24.3 Å². The molecule has 0 atom stereocenters. The molecule has 34 heavy (non-hydrogen) atoms. The van der Waals surface area contributed by atoms with Gasteiger partial charge in [0.1, 0.15) is 5.02 Å². The van der Waals surface area contributed by atoms with E-state index in [1.165, 1.54) is 6.26 Å². The molecule has 0 bridgehead atoms. The lowest BCUT2D eigenvalue weighted by molar-refractivity contribution is 0.0981. The van der Waals surface area contributed by atoms with Gasteiger partial charge in [-0.05, 0) is 49.4 Å². The summed E-state index contributed by atoms with van der Waals surface area (Å²) in [6.07, 6.45) is 12.7. The average Bonchev–Trinajstić information content (AvgIpc) is 3.17. The van der Waals surface area contributed by atoms with Crippen molar-refractivity contribution in [1.82, 2.24) is 24.1 Å². The van der Waals surface area contributed by atoms with Crippen molar-refractivity contribution in [3.8, 4) is 0 Å². The van der Waals surface area contributed by atoms with Crippen LogP contribution in [-0.4, -0.2) is 57.9 Å². The van der Waals surface area contributed by atoms with Crippen molar-refractivity contribution < 1.29 is 8.42 Å². The van der Waals surface area contributed by atoms with Crippen molar-refractivity contribution in [2.24, 2.45) is 10.8 Å². The van der Waals surface area contributed by atoms with Crippen LogP contribution in [0.5, 0.6) is 0 Å². The molecule has 3 heterocycles. The fourth-order valence-corrected chi connectivity index (χ4v) is 6.01. The highest BCUT2D eigenvalue weighted by Crippen LogP contribution is 2.45. The van der Waals surface area contributed by atoms with Gasteiger partial charge in [-0.15, -0.1) is 0 Å². The largest absolute Gasteiger partial charge is 0.366 e. The molecular formula is C23H36ClN7O2S. The number of nitrogens with zero attached hydrogens (tertiary/aromatic N) is 5. The summed E-state index contributed by atoms with van der Waals surface area (Å²) in [6, 6.07) is 0.286. The normalized spacial score (nSPS) is 19.9. The minimum absolute atomic E-state index is 0.139. The molecule has 0 radical (unpaired) electrons. The Hall–Kier alpha value is -1.91. The fourth-order valence-electron chi connectivity index (χ4n) is 5.02. The molecule has 0 unspecified atom stereocenters. The Balaban J connectivity index is 1.33. The van der Waals surface area contributed by atoms with Crippen molar-refractivity contribution in [3.05, 3.63) is 23.6 Å². The molecule has 2 fully saturated rings. The molecule has 0 aromatic carbocycles. The molecule has 2 aromatic heterocycles. The second-order valence-electron chi connectivity index (χ2n) is 11.1. The summed E-state index contributed by atoms with van der Waals surface area (Å²) in [5.41, 5.74) is 1.23. The van der Waals surface area contributed by atoms with Crippen molar-refractivity contribution in [2.75, 3.05) is 30.0 Å². The van der Waals surface area contributed by atoms with Gasteiger partial charge in [0.15, 0.2) is 5.82 Å². The number of piperidine rings is 1. The Kier molecular flexibility index (Phi) is 7.13. The van der Waals surface area contributed by atoms with Gasteiger partial charge in [0.25, 0.3) is 0 Å². The van der Waals surface area contributed by atoms with Crippen LogP contribution in [0.2, 0.25) is 5.02 Å². The first-order valence-corrected chi connectivity index (χ1v) is 14.2. The summed E-state index contributed by atoms with van der Waals surface area (Å²) < 4.78 is 27.2. The van der Waals surface area contributed by atoms with E-state index in [9.17, 15) is 8.42 Å². The van der Waals surface area contributed by atoms with Crippen LogP contribution < -0.4 is 10.6 Å². The molecule has 1 saturated heterocycles. The summed E-state index contributed by atoms with van der Waals surface area (Å²) in [7, 11) is -3.09. The van der Waals surface area contributed by atoms with E-state index in [0.717, 1.165) is 50.8 Å². The van der Waals surface area contributed by atoms with E-state index in [-0.39, 0.29) is 16.9 Å². The van der Waals surface area contributed by atoms with E-state index >= 15 is 0 Å². The summed E-state index contributed by atoms with van der Waals surface area (Å²) in [6.45, 7) is 8.61. The first-order valence-electron chi connectivity index (χ1n) is 11.9. The molecular weight excluding hydrogens is 474 g/mol. The van der Waals surface area contributed by atoms with Crippen LogP contribution in [0.15, 0.2) is 18.6 Å². The fraction of sp³-hybridized carbons (Fsp3) is 0.696. The van der Waals surface area contributed by atoms with Crippen molar-refractivity contribution in [3.63, 3.8) is 0 Å². The van der Waals surface area contributed by atoms with E-state index in [2.05, 4.69) is 46.5 Å². The van der Waals surface area contributed by atoms with Crippen LogP contribution in [-0.2, 0) is 16.6 Å². The minimum Gasteiger partial charge on any atom is -0.366 e. The van der Waals surface area contributed by atoms with Crippen molar-refractivity contribution >= 4 is 39.1 Å². The molecule has 0 amide bonds. The molecule has 1 aliphatic carbocycles. The first kappa shape index (κ1) is 25.2. The van der Waals surface area contributed by atoms with Gasteiger partial charge in [-0.1, -0.05) is 32.4 Å². The summed E-state index contributed by atoms with van der Waals surface area (Å²) in [5.74, 6) is 1.11. The maximum atomic E-state index is 11.8. The predicted molar refractivity (Wildman–Crippen MR) is 136 cm³/mol. The quantitative estimate of drug-likeness (QED) is 0.590. The number of nitrogens with one attached hydrogen (secondary N) is 2. The highest BCUT2D eigenvalue weighted by molar-refractivity contribution is 7.88. The number of hydrogen-bond acceptors (Lipinski definition) is 7. The van der Waals surface area contributed by atoms with E-state index in [1.807, 2.05) is 10.9 Å². The number of halogens is 1. The molecule has 2 aliphatic rings. The summed E-state index contributed by atoms with van der Waals surface area (Å²) in [5, 5.41) is 11.6. The number of rotatable bonds is 6. The minimum atomic E-state index is -3.09. The highest BCUT2D eigenvalue weighted by Gasteiger charge is 2.39. The second-order valence-corrected chi connectivity index (χ2v) is 13.5. The van der Waals surface area contributed by atoms with Crippen molar-refractivity contribution in [2.45, 2.75) is 71.9 Å². The molecule has 4 rings (SSSR count). The third-order valence-corrected chi connectivity index (χ3v) is 8.49. The van der Waals surface area contributed by atoms with Gasteiger partial charge in [-0.3, -0.25) is 4.68 Å². The molecule has 188 valence electrons. The lowest BCUT2D eigenvalue weighted by Crippen LogP contribution is -2.45. The molecule has 1 aliphatic heterocycles. The van der Waals surface area contributed by atoms with E-state index in [1.54, 1.807) is 16.7 Å². The van der Waals surface area contributed by atoms with Gasteiger partial charge < -0.3 is 10.6 Å². The van der Waals surface area contributed by atoms with Crippen LogP contribution in [0, 0.1) is 10.8 Å². The SMILES string of the molecule is CC(C)(C)Cn1cc(Nc2ncc(Cl)c(NC3CCC4(CC3)CCN(S(C)(=O)=O)CC4)n2)cn1. The Morgan fingerprint density at radius 1 is 1.15 bits per heavy atom. The van der Waals surface area contributed by atoms with Gasteiger partial charge in [0, 0.05) is 31.9 Å². The number of hydrogen-bond donors (Lipinski definition) is 2. The Bertz CT molecular complexity index is 1090. The van der Waals surface area contributed by atoms with Gasteiger partial charge >= 0.3 is 0 Å². The zero-order valence-corrected chi connectivity index (χ0v) is 22.1. The van der Waals surface area contributed by atoms with E-state index in [0.29, 0.717) is 29.9 Å². The van der Waals surface area contributed by atoms with E-state index < -0.39 is 10.0 Å². The van der Waals surface area contributed by atoms with Crippen LogP contribution in [0.25, 0.3) is 0 Å². The summed E-state index contributed by atoms with van der Waals surface area (Å²) in [4.78, 5) is 8.93. The Labute approximate surface area is 207 Å². The lowest BCUT2D eigenvalue weighted by Gasteiger charge is -2.45. The maximum absolute atomic E-state index is 11.8. The third-order valence-electron chi connectivity index (χ3n) is 6.91. The molecule has 9 nitrogen and oxygen atoms in total.